The molecule has 6 rings (SSSR count). The predicted molar refractivity (Wildman–Crippen MR) is 157 cm³/mol. The summed E-state index contributed by atoms with van der Waals surface area (Å²) in [5, 5.41) is 3.81. The van der Waals surface area contributed by atoms with E-state index in [0.29, 0.717) is 0 Å². The van der Waals surface area contributed by atoms with Crippen LogP contribution >= 0.6 is 0 Å². The first-order valence-electron chi connectivity index (χ1n) is 12.5. The van der Waals surface area contributed by atoms with Crippen LogP contribution in [0.4, 0.5) is 0 Å². The minimum absolute atomic E-state index is 0. The standard InChI is InChI=1S/C21H20NOSi.C12H10N.Ir/c1-14-9-11-17(22-13-14)15-10-12-19(24(2,3)4)20-16-7-5-6-8-18(16)23-21(15)20;1-10-7-8-12(13-9-10)11-5-3-2-4-6-11;/h5-9,11-13H,1-4H3;2-5,7-9H,1H3;/q2*-1;. The maximum atomic E-state index is 6.26. The number of hydrogen-bond acceptors (Lipinski definition) is 3. The van der Waals surface area contributed by atoms with Gasteiger partial charge in [0.25, 0.3) is 0 Å². The van der Waals surface area contributed by atoms with Crippen molar-refractivity contribution in [3.8, 4) is 22.5 Å². The Morgan fingerprint density at radius 2 is 1.39 bits per heavy atom. The Labute approximate surface area is 239 Å². The second-order valence-corrected chi connectivity index (χ2v) is 15.4. The molecule has 1 radical (unpaired) electrons. The van der Waals surface area contributed by atoms with Crippen LogP contribution in [0.15, 0.2) is 95.7 Å². The van der Waals surface area contributed by atoms with Gasteiger partial charge in [-0.25, -0.2) is 0 Å². The number of furan rings is 1. The van der Waals surface area contributed by atoms with Gasteiger partial charge in [-0.1, -0.05) is 73.1 Å². The van der Waals surface area contributed by atoms with Gasteiger partial charge in [0.2, 0.25) is 0 Å². The first-order chi connectivity index (χ1) is 17.8. The number of pyridine rings is 2. The minimum Gasteiger partial charge on any atom is -0.501 e. The molecule has 0 atom stereocenters. The molecule has 5 heteroatoms. The van der Waals surface area contributed by atoms with E-state index in [1.807, 2.05) is 74.8 Å². The molecule has 0 bridgehead atoms. The number of rotatable bonds is 3. The Balaban J connectivity index is 0.000000204. The van der Waals surface area contributed by atoms with E-state index in [-0.39, 0.29) is 20.1 Å². The zero-order valence-corrected chi connectivity index (χ0v) is 25.7. The molecule has 0 aliphatic heterocycles. The number of hydrogen-bond donors (Lipinski definition) is 0. The van der Waals surface area contributed by atoms with Gasteiger partial charge in [0.1, 0.15) is 5.58 Å². The van der Waals surface area contributed by atoms with E-state index in [9.17, 15) is 0 Å². The summed E-state index contributed by atoms with van der Waals surface area (Å²) >= 11 is 0. The van der Waals surface area contributed by atoms with Crippen molar-refractivity contribution < 1.29 is 24.5 Å². The van der Waals surface area contributed by atoms with Gasteiger partial charge in [-0.2, -0.15) is 0 Å². The van der Waals surface area contributed by atoms with Crippen molar-refractivity contribution in [2.75, 3.05) is 0 Å². The van der Waals surface area contributed by atoms with Crippen LogP contribution in [0.2, 0.25) is 19.6 Å². The molecule has 0 amide bonds. The summed E-state index contributed by atoms with van der Waals surface area (Å²) in [7, 11) is -1.52. The van der Waals surface area contributed by atoms with Crippen LogP contribution in [0.25, 0.3) is 44.5 Å². The first kappa shape index (κ1) is 27.7. The fraction of sp³-hybridized carbons (Fsp3) is 0.152. The van der Waals surface area contributed by atoms with E-state index in [1.165, 1.54) is 21.5 Å². The van der Waals surface area contributed by atoms with E-state index < -0.39 is 8.07 Å². The molecule has 6 aromatic rings. The van der Waals surface area contributed by atoms with Crippen LogP contribution in [0.3, 0.4) is 0 Å². The number of aromatic nitrogens is 2. The molecule has 0 unspecified atom stereocenters. The maximum absolute atomic E-state index is 6.26. The van der Waals surface area contributed by atoms with Crippen LogP contribution in [0.5, 0.6) is 0 Å². The first-order valence-corrected chi connectivity index (χ1v) is 16.0. The van der Waals surface area contributed by atoms with Crippen LogP contribution in [0.1, 0.15) is 11.1 Å². The van der Waals surface area contributed by atoms with Gasteiger partial charge in [-0.15, -0.1) is 53.2 Å². The Hall–Kier alpha value is -3.37. The smallest absolute Gasteiger partial charge is 0.120 e. The number of aryl methyl sites for hydroxylation is 2. The third-order valence-electron chi connectivity index (χ3n) is 6.32. The Morgan fingerprint density at radius 1 is 0.737 bits per heavy atom. The van der Waals surface area contributed by atoms with Crippen LogP contribution in [-0.4, -0.2) is 18.0 Å². The normalized spacial score (nSPS) is 11.1. The summed E-state index contributed by atoms with van der Waals surface area (Å²) < 4.78 is 6.26. The van der Waals surface area contributed by atoms with E-state index in [4.69, 9.17) is 4.42 Å². The molecule has 193 valence electrons. The van der Waals surface area contributed by atoms with Gasteiger partial charge in [0.15, 0.2) is 0 Å². The van der Waals surface area contributed by atoms with Crippen molar-refractivity contribution in [1.29, 1.82) is 0 Å². The largest absolute Gasteiger partial charge is 0.501 e. The summed E-state index contributed by atoms with van der Waals surface area (Å²) in [5.41, 5.74) is 8.05. The van der Waals surface area contributed by atoms with Gasteiger partial charge in [0, 0.05) is 46.0 Å². The third kappa shape index (κ3) is 5.86. The average molecular weight is 691 g/mol. The Morgan fingerprint density at radius 3 is 2.00 bits per heavy atom. The summed E-state index contributed by atoms with van der Waals surface area (Å²) in [6.07, 6.45) is 3.76. The zero-order valence-electron chi connectivity index (χ0n) is 22.3. The minimum atomic E-state index is -1.52. The van der Waals surface area contributed by atoms with Gasteiger partial charge in [-0.05, 0) is 42.4 Å². The molecule has 3 heterocycles. The van der Waals surface area contributed by atoms with Crippen molar-refractivity contribution in [2.45, 2.75) is 33.5 Å². The molecular weight excluding hydrogens is 661 g/mol. The summed E-state index contributed by atoms with van der Waals surface area (Å²) in [5.74, 6) is 0. The molecule has 0 spiro atoms. The number of benzene rings is 3. The second-order valence-electron chi connectivity index (χ2n) is 10.3. The van der Waals surface area contributed by atoms with Gasteiger partial charge >= 0.3 is 0 Å². The van der Waals surface area contributed by atoms with Gasteiger partial charge in [0.05, 0.1) is 5.58 Å². The second kappa shape index (κ2) is 11.6. The summed E-state index contributed by atoms with van der Waals surface area (Å²) in [6.45, 7) is 11.2. The van der Waals surface area contributed by atoms with Crippen LogP contribution < -0.4 is 5.19 Å². The Kier molecular flexibility index (Phi) is 8.42. The fourth-order valence-corrected chi connectivity index (χ4v) is 5.85. The van der Waals surface area contributed by atoms with Gasteiger partial charge < -0.3 is 14.4 Å². The predicted octanol–water partition coefficient (Wildman–Crippen LogP) is 8.16. The average Bonchev–Trinajstić information content (AvgIpc) is 3.29. The molecule has 0 saturated heterocycles. The van der Waals surface area contributed by atoms with Crippen LogP contribution in [0, 0.1) is 26.0 Å². The summed E-state index contributed by atoms with van der Waals surface area (Å²) in [6, 6.07) is 33.1. The van der Waals surface area contributed by atoms with Gasteiger partial charge in [-0.3, -0.25) is 0 Å². The quantitative estimate of drug-likeness (QED) is 0.139. The molecule has 0 aliphatic carbocycles. The topological polar surface area (TPSA) is 38.9 Å². The molecule has 0 aliphatic rings. The third-order valence-corrected chi connectivity index (χ3v) is 8.33. The van der Waals surface area contributed by atoms with Crippen molar-refractivity contribution in [1.82, 2.24) is 9.97 Å². The SMILES string of the molecule is Cc1ccc(-c2[c-]cc([Si](C)(C)C)c3c2oc2ccccc23)nc1.Cc1ccc(-c2[c-]cccc2)nc1.[Ir]. The zero-order chi connectivity index (χ0) is 26.0. The summed E-state index contributed by atoms with van der Waals surface area (Å²) in [4.78, 5) is 8.90. The molecule has 0 saturated carbocycles. The number of fused-ring (bicyclic) bond motifs is 3. The molecule has 38 heavy (non-hydrogen) atoms. The molecule has 3 nitrogen and oxygen atoms in total. The monoisotopic (exact) mass is 691 g/mol. The van der Waals surface area contributed by atoms with Crippen LogP contribution in [-0.2, 0) is 20.1 Å². The maximum Gasteiger partial charge on any atom is 0.120 e. The fourth-order valence-electron chi connectivity index (χ4n) is 4.35. The van der Waals surface area contributed by atoms with E-state index in [2.05, 4.69) is 72.1 Å². The number of nitrogens with zero attached hydrogens (tertiary/aromatic N) is 2. The molecule has 0 N–H and O–H groups in total. The van der Waals surface area contributed by atoms with Crippen molar-refractivity contribution in [2.24, 2.45) is 0 Å². The van der Waals surface area contributed by atoms with Crippen molar-refractivity contribution in [3.05, 3.63) is 115 Å². The molecule has 0 fully saturated rings. The van der Waals surface area contributed by atoms with E-state index in [1.54, 1.807) is 0 Å². The molecule has 3 aromatic heterocycles. The van der Waals surface area contributed by atoms with E-state index >= 15 is 0 Å². The van der Waals surface area contributed by atoms with E-state index in [0.717, 1.165) is 39.2 Å². The van der Waals surface area contributed by atoms with Crippen molar-refractivity contribution >= 4 is 35.2 Å². The number of para-hydroxylation sites is 1. The Bertz CT molecular complexity index is 1650. The van der Waals surface area contributed by atoms with Crippen molar-refractivity contribution in [3.63, 3.8) is 0 Å². The molecule has 3 aromatic carbocycles. The molecular formula is C33H30IrN2OSi-2.